The first kappa shape index (κ1) is 61.8. The first-order valence-electron chi connectivity index (χ1n) is 26.0. The van der Waals surface area contributed by atoms with E-state index >= 15 is 0 Å². The number of allylic oxidation sites excluding steroid dienone is 10. The Hall–Kier alpha value is -2.20. The van der Waals surface area contributed by atoms with Crippen molar-refractivity contribution in [1.82, 2.24) is 0 Å². The molecule has 12 nitrogen and oxygen atoms in total. The van der Waals surface area contributed by atoms with Gasteiger partial charge in [0.15, 0.2) is 6.29 Å². The summed E-state index contributed by atoms with van der Waals surface area (Å²) in [6.45, 7) is 3.86. The zero-order valence-electron chi connectivity index (χ0n) is 41.2. The lowest BCUT2D eigenvalue weighted by Crippen LogP contribution is -2.60. The Bertz CT molecular complexity index is 1380. The summed E-state index contributed by atoms with van der Waals surface area (Å²) in [5.74, 6) is -0.409. The quantitative estimate of drug-likeness (QED) is 0.0197. The van der Waals surface area contributed by atoms with Crippen molar-refractivity contribution < 1.29 is 56.2 Å². The lowest BCUT2D eigenvalue weighted by Gasteiger charge is -2.41. The predicted molar refractivity (Wildman–Crippen MR) is 266 cm³/mol. The highest BCUT2D eigenvalue weighted by Crippen LogP contribution is 2.26. The van der Waals surface area contributed by atoms with Gasteiger partial charge in [0.05, 0.1) is 19.8 Å². The van der Waals surface area contributed by atoms with Gasteiger partial charge in [0.1, 0.15) is 30.5 Å². The first-order chi connectivity index (χ1) is 32.1. The fourth-order valence-electron chi connectivity index (χ4n) is 7.72. The van der Waals surface area contributed by atoms with Crippen LogP contribution in [0.2, 0.25) is 0 Å². The van der Waals surface area contributed by atoms with Crippen molar-refractivity contribution in [3.63, 3.8) is 0 Å². The van der Waals surface area contributed by atoms with Gasteiger partial charge in [-0.3, -0.25) is 9.35 Å². The van der Waals surface area contributed by atoms with Gasteiger partial charge in [-0.25, -0.2) is 4.18 Å². The van der Waals surface area contributed by atoms with E-state index in [-0.39, 0.29) is 19.6 Å². The number of esters is 1. The molecule has 0 spiro atoms. The minimum Gasteiger partial charge on any atom is -0.457 e. The molecule has 66 heavy (non-hydrogen) atoms. The second-order valence-electron chi connectivity index (χ2n) is 17.7. The van der Waals surface area contributed by atoms with E-state index in [9.17, 15) is 33.1 Å². The Labute approximate surface area is 401 Å². The average molecular weight is 955 g/mol. The summed E-state index contributed by atoms with van der Waals surface area (Å²) in [4.78, 5) is 12.9. The zero-order chi connectivity index (χ0) is 48.2. The van der Waals surface area contributed by atoms with Crippen LogP contribution in [-0.4, -0.2) is 97.5 Å². The van der Waals surface area contributed by atoms with Crippen LogP contribution in [0.15, 0.2) is 60.8 Å². The first-order valence-corrected chi connectivity index (χ1v) is 27.4. The van der Waals surface area contributed by atoms with E-state index in [4.69, 9.17) is 18.9 Å². The number of aliphatic hydroxyl groups is 3. The van der Waals surface area contributed by atoms with Crippen molar-refractivity contribution in [3.05, 3.63) is 60.8 Å². The molecule has 13 heteroatoms. The molecule has 0 aromatic rings. The molecule has 1 saturated heterocycles. The molecule has 0 bridgehead atoms. The number of rotatable bonds is 45. The summed E-state index contributed by atoms with van der Waals surface area (Å²) in [5, 5.41) is 30.7. The zero-order valence-corrected chi connectivity index (χ0v) is 42.1. The van der Waals surface area contributed by atoms with Crippen LogP contribution in [0.1, 0.15) is 206 Å². The normalized spacial score (nSPS) is 20.0. The number of hydrogen-bond acceptors (Lipinski definition) is 11. The molecule has 4 N–H and O–H groups in total. The number of aliphatic hydroxyl groups excluding tert-OH is 3. The largest absolute Gasteiger partial charge is 0.457 e. The monoisotopic (exact) mass is 955 g/mol. The Morgan fingerprint density at radius 3 is 1.55 bits per heavy atom. The molecule has 0 amide bonds. The SMILES string of the molecule is CC/C=C\C/C=C\C/C=C\C/C=C\CCCCCCCCCCCCCCCOCC(COC1OC(CO)C(O)C(OS(=O)(=O)O)C1O)OC(=O)CCCCCCC/C=C\CCCCCC. The molecule has 1 rings (SSSR count). The van der Waals surface area contributed by atoms with Gasteiger partial charge >= 0.3 is 16.4 Å². The minimum absolute atomic E-state index is 0.0307. The van der Waals surface area contributed by atoms with Gasteiger partial charge in [0.25, 0.3) is 0 Å². The smallest absolute Gasteiger partial charge is 0.397 e. The maximum atomic E-state index is 12.9. The Morgan fingerprint density at radius 1 is 0.591 bits per heavy atom. The van der Waals surface area contributed by atoms with E-state index in [1.165, 1.54) is 96.3 Å². The molecular formula is C53H94O12S. The maximum Gasteiger partial charge on any atom is 0.397 e. The van der Waals surface area contributed by atoms with Crippen molar-refractivity contribution in [1.29, 1.82) is 0 Å². The summed E-state index contributed by atoms with van der Waals surface area (Å²) >= 11 is 0. The van der Waals surface area contributed by atoms with Gasteiger partial charge in [0.2, 0.25) is 0 Å². The van der Waals surface area contributed by atoms with Crippen LogP contribution < -0.4 is 0 Å². The fourth-order valence-corrected chi connectivity index (χ4v) is 8.23. The molecule has 6 unspecified atom stereocenters. The van der Waals surface area contributed by atoms with Crippen molar-refractivity contribution >= 4 is 16.4 Å². The highest BCUT2D eigenvalue weighted by molar-refractivity contribution is 7.80. The number of unbranched alkanes of at least 4 members (excludes halogenated alkanes) is 22. The summed E-state index contributed by atoms with van der Waals surface area (Å²) in [6, 6.07) is 0. The van der Waals surface area contributed by atoms with E-state index in [0.717, 1.165) is 83.5 Å². The van der Waals surface area contributed by atoms with Crippen LogP contribution in [0.5, 0.6) is 0 Å². The van der Waals surface area contributed by atoms with Crippen LogP contribution in [0, 0.1) is 0 Å². The fraction of sp³-hybridized carbons (Fsp3) is 0.792. The molecule has 0 aromatic heterocycles. The third-order valence-corrected chi connectivity index (χ3v) is 12.1. The Balaban J connectivity index is 2.29. The standard InChI is InChI=1S/C53H94O12S/c1-3-5-7-9-11-13-15-17-18-19-20-21-22-23-24-25-26-27-28-29-31-33-35-37-39-41-43-61-45-47(46-62-53-51(57)52(65-66(58,59)60)50(56)48(44-54)64-53)63-49(55)42-40-38-36-34-32-30-16-14-12-10-8-6-4-2/h5,7,11,13-14,16-18,20-21,47-48,50-54,56-57H,3-4,6,8-10,12,15,19,22-46H2,1-2H3,(H,58,59,60)/b7-5-,13-11-,16-14-,18-17-,21-20-. The number of hydrogen-bond donors (Lipinski definition) is 4. The Morgan fingerprint density at radius 2 is 1.05 bits per heavy atom. The van der Waals surface area contributed by atoms with Gasteiger partial charge in [-0.2, -0.15) is 8.42 Å². The number of carbonyl (C=O) groups is 1. The molecule has 0 aromatic carbocycles. The van der Waals surface area contributed by atoms with E-state index in [2.05, 4.69) is 78.8 Å². The van der Waals surface area contributed by atoms with Gasteiger partial charge in [-0.15, -0.1) is 0 Å². The lowest BCUT2D eigenvalue weighted by atomic mass is 9.99. The summed E-state index contributed by atoms with van der Waals surface area (Å²) in [7, 11) is -5.07. The minimum atomic E-state index is -5.07. The highest BCUT2D eigenvalue weighted by atomic mass is 32.3. The van der Waals surface area contributed by atoms with Crippen LogP contribution >= 0.6 is 0 Å². The number of ether oxygens (including phenoxy) is 4. The molecule has 6 atom stereocenters. The van der Waals surface area contributed by atoms with E-state index in [1.54, 1.807) is 0 Å². The Kier molecular flexibility index (Phi) is 41.2. The molecule has 1 fully saturated rings. The topological polar surface area (TPSA) is 178 Å². The summed E-state index contributed by atoms with van der Waals surface area (Å²) < 4.78 is 59.2. The molecule has 1 aliphatic rings. The van der Waals surface area contributed by atoms with Gasteiger partial charge in [-0.1, -0.05) is 184 Å². The van der Waals surface area contributed by atoms with Crippen LogP contribution in [-0.2, 0) is 38.3 Å². The van der Waals surface area contributed by atoms with Crippen molar-refractivity contribution in [2.45, 2.75) is 243 Å². The maximum absolute atomic E-state index is 12.9. The van der Waals surface area contributed by atoms with Crippen molar-refractivity contribution in [3.8, 4) is 0 Å². The number of carbonyl (C=O) groups excluding carboxylic acids is 1. The summed E-state index contributed by atoms with van der Waals surface area (Å²) in [6.07, 6.45) is 46.9. The molecule has 384 valence electrons. The van der Waals surface area contributed by atoms with E-state index < -0.39 is 59.8 Å². The van der Waals surface area contributed by atoms with E-state index in [0.29, 0.717) is 13.0 Å². The molecular weight excluding hydrogens is 861 g/mol. The summed E-state index contributed by atoms with van der Waals surface area (Å²) in [5.41, 5.74) is 0. The molecule has 0 aliphatic carbocycles. The van der Waals surface area contributed by atoms with Crippen LogP contribution in [0.3, 0.4) is 0 Å². The molecule has 0 saturated carbocycles. The highest BCUT2D eigenvalue weighted by Gasteiger charge is 2.48. The molecule has 1 heterocycles. The predicted octanol–water partition coefficient (Wildman–Crippen LogP) is 12.1. The lowest BCUT2D eigenvalue weighted by molar-refractivity contribution is -0.301. The van der Waals surface area contributed by atoms with Crippen LogP contribution in [0.25, 0.3) is 0 Å². The van der Waals surface area contributed by atoms with Crippen molar-refractivity contribution in [2.75, 3.05) is 26.4 Å². The third-order valence-electron chi connectivity index (χ3n) is 11.6. The van der Waals surface area contributed by atoms with E-state index in [1.807, 2.05) is 0 Å². The average Bonchev–Trinajstić information content (AvgIpc) is 3.29. The molecule has 0 radical (unpaired) electrons. The second kappa shape index (κ2) is 44.0. The van der Waals surface area contributed by atoms with Gasteiger partial charge in [0, 0.05) is 13.0 Å². The van der Waals surface area contributed by atoms with Gasteiger partial charge < -0.3 is 34.3 Å². The van der Waals surface area contributed by atoms with Crippen molar-refractivity contribution in [2.24, 2.45) is 0 Å². The van der Waals surface area contributed by atoms with Gasteiger partial charge in [-0.05, 0) is 77.0 Å². The third kappa shape index (κ3) is 36.8. The molecule has 1 aliphatic heterocycles. The van der Waals surface area contributed by atoms with Crippen LogP contribution in [0.4, 0.5) is 0 Å². The second-order valence-corrected chi connectivity index (χ2v) is 18.8.